The van der Waals surface area contributed by atoms with Crippen molar-refractivity contribution in [2.45, 2.75) is 96.8 Å². The molecule has 0 aromatic carbocycles. The topological polar surface area (TPSA) is 244 Å². The molecule has 0 spiro atoms. The SMILES string of the molecule is CC1C(F)CC2N=C3C(=C4CCCC1C42)Cn1c3cc2c(c1=O)COC(=O)[C@H]2OC(=O)N(C)CCNC(=O)CNC(=O)[C@@H](NC(=O)CNC(=O)CCCN1C(=O)C=CC1=O)C(C)C. The Balaban J connectivity index is 0.873. The van der Waals surface area contributed by atoms with Crippen molar-refractivity contribution in [1.29, 1.82) is 0 Å². The third kappa shape index (κ3) is 9.29. The molecule has 0 bridgehead atoms. The van der Waals surface area contributed by atoms with Crippen LogP contribution in [0.25, 0.3) is 0 Å². The van der Waals surface area contributed by atoms with Gasteiger partial charge in [-0.1, -0.05) is 26.3 Å². The third-order valence-electron chi connectivity index (χ3n) is 12.9. The van der Waals surface area contributed by atoms with Gasteiger partial charge in [0.1, 0.15) is 18.8 Å². The first-order valence-electron chi connectivity index (χ1n) is 21.5. The molecule has 19 nitrogen and oxygen atoms in total. The Hall–Kier alpha value is -6.21. The van der Waals surface area contributed by atoms with Gasteiger partial charge < -0.3 is 40.2 Å². The molecule has 4 N–H and O–H groups in total. The summed E-state index contributed by atoms with van der Waals surface area (Å²) in [6.45, 7) is 4.43. The summed E-state index contributed by atoms with van der Waals surface area (Å²) in [5.74, 6) is -4.25. The maximum Gasteiger partial charge on any atom is 0.410 e. The summed E-state index contributed by atoms with van der Waals surface area (Å²) in [6.07, 6.45) is 2.08. The molecule has 6 aliphatic rings. The number of nitrogens with one attached hydrogen (secondary N) is 4. The second kappa shape index (κ2) is 18.6. The molecule has 4 aliphatic heterocycles. The number of cyclic esters (lactones) is 1. The van der Waals surface area contributed by atoms with E-state index in [4.69, 9.17) is 14.5 Å². The highest BCUT2D eigenvalue weighted by Crippen LogP contribution is 2.52. The molecule has 5 unspecified atom stereocenters. The first-order chi connectivity index (χ1) is 30.0. The predicted octanol–water partition coefficient (Wildman–Crippen LogP) is 0.485. The number of carbonyl (C=O) groups excluding carboxylic acids is 8. The maximum atomic E-state index is 15.2. The molecule has 7 rings (SSSR count). The number of allylic oxidation sites excluding steroid dienone is 1. The van der Waals surface area contributed by atoms with Crippen LogP contribution in [0.15, 0.2) is 39.2 Å². The number of halogens is 1. The number of pyridine rings is 1. The van der Waals surface area contributed by atoms with Crippen LogP contribution in [-0.4, -0.2) is 126 Å². The highest BCUT2D eigenvalue weighted by Gasteiger charge is 2.50. The fraction of sp³-hybridized carbons (Fsp3) is 0.581. The van der Waals surface area contributed by atoms with Crippen LogP contribution in [0.1, 0.15) is 82.2 Å². The van der Waals surface area contributed by atoms with Crippen LogP contribution in [0.5, 0.6) is 0 Å². The summed E-state index contributed by atoms with van der Waals surface area (Å²) in [4.78, 5) is 121. The average molecular weight is 877 g/mol. The van der Waals surface area contributed by atoms with E-state index in [-0.39, 0.29) is 85.5 Å². The molecule has 7 atom stereocenters. The predicted molar refractivity (Wildman–Crippen MR) is 220 cm³/mol. The quantitative estimate of drug-likeness (QED) is 0.140. The van der Waals surface area contributed by atoms with E-state index in [1.165, 1.54) is 12.6 Å². The van der Waals surface area contributed by atoms with Crippen LogP contribution >= 0.6 is 0 Å². The van der Waals surface area contributed by atoms with Crippen molar-refractivity contribution < 1.29 is 52.2 Å². The molecule has 1 aromatic heterocycles. The molecular formula is C43H53FN8O11. The number of likely N-dealkylation sites (N-methyl/N-ethyl adjacent to an activating group) is 1. The van der Waals surface area contributed by atoms with Gasteiger partial charge in [0.25, 0.3) is 17.4 Å². The zero-order valence-corrected chi connectivity index (χ0v) is 35.7. The molecule has 1 aromatic rings. The fourth-order valence-electron chi connectivity index (χ4n) is 9.50. The number of esters is 1. The molecule has 0 saturated heterocycles. The van der Waals surface area contributed by atoms with Gasteiger partial charge in [-0.05, 0) is 55.1 Å². The van der Waals surface area contributed by atoms with Gasteiger partial charge >= 0.3 is 12.1 Å². The van der Waals surface area contributed by atoms with Gasteiger partial charge in [-0.15, -0.1) is 0 Å². The summed E-state index contributed by atoms with van der Waals surface area (Å²) in [5.41, 5.74) is 3.38. The molecule has 7 amide bonds. The van der Waals surface area contributed by atoms with E-state index in [2.05, 4.69) is 21.3 Å². The third-order valence-corrected chi connectivity index (χ3v) is 12.9. The monoisotopic (exact) mass is 876 g/mol. The second-order valence-electron chi connectivity index (χ2n) is 17.3. The number of dihydropyridines is 1. The lowest BCUT2D eigenvalue weighted by molar-refractivity contribution is -0.158. The van der Waals surface area contributed by atoms with Gasteiger partial charge in [-0.3, -0.25) is 43.5 Å². The number of amides is 7. The zero-order valence-electron chi connectivity index (χ0n) is 35.7. The number of rotatable bonds is 15. The molecular weight excluding hydrogens is 824 g/mol. The number of hydrogen-bond acceptors (Lipinski definition) is 12. The summed E-state index contributed by atoms with van der Waals surface area (Å²) in [6, 6.07) is 0.389. The largest absolute Gasteiger partial charge is 0.458 e. The lowest BCUT2D eigenvalue weighted by Crippen LogP contribution is -2.53. The minimum atomic E-state index is -1.54. The van der Waals surface area contributed by atoms with E-state index >= 15 is 4.39 Å². The van der Waals surface area contributed by atoms with Crippen molar-refractivity contribution in [2.75, 3.05) is 39.8 Å². The summed E-state index contributed by atoms with van der Waals surface area (Å²) >= 11 is 0. The average Bonchev–Trinajstić information content (AvgIpc) is 3.79. The van der Waals surface area contributed by atoms with Crippen molar-refractivity contribution in [2.24, 2.45) is 28.7 Å². The van der Waals surface area contributed by atoms with Crippen LogP contribution in [0.3, 0.4) is 0 Å². The molecule has 63 heavy (non-hydrogen) atoms. The van der Waals surface area contributed by atoms with E-state index in [1.54, 1.807) is 24.5 Å². The summed E-state index contributed by atoms with van der Waals surface area (Å²) in [7, 11) is 1.39. The fourth-order valence-corrected chi connectivity index (χ4v) is 9.50. The zero-order chi connectivity index (χ0) is 45.3. The second-order valence-corrected chi connectivity index (χ2v) is 17.3. The molecule has 0 radical (unpaired) electrons. The van der Waals surface area contributed by atoms with Crippen molar-refractivity contribution in [3.63, 3.8) is 0 Å². The van der Waals surface area contributed by atoms with Crippen molar-refractivity contribution in [3.8, 4) is 0 Å². The number of aromatic nitrogens is 1. The molecule has 20 heteroatoms. The normalized spacial score (nSPS) is 24.6. The van der Waals surface area contributed by atoms with Gasteiger partial charge in [-0.25, -0.2) is 14.0 Å². The standard InChI is InChI=1S/C43H53FN8O11/c1-21(2)37(49-33(55)18-46-31(53)9-6-13-51-34(56)10-11-35(51)57)40(58)47-17-32(54)45-12-14-50(4)43(61)63-39-25-15-30-38-26(19-52(30)41(59)27(25)20-62-42(39)60)24-8-5-7-23-22(3)28(44)16-29(48-38)36(23)24/h10-11,15,21-23,28-29,36-37,39H,5-9,12-14,16-20H2,1-4H3,(H,45,54)(H,46,53)(H,47,58)(H,49,55)/t22?,23?,28?,29?,36?,37-,39-/m0/s1. The van der Waals surface area contributed by atoms with E-state index in [1.807, 2.05) is 6.92 Å². The minimum absolute atomic E-state index is 0.0416. The first-order valence-corrected chi connectivity index (χ1v) is 21.5. The number of ether oxygens (including phenoxy) is 2. The van der Waals surface area contributed by atoms with Gasteiger partial charge in [0.05, 0.1) is 42.6 Å². The number of hydrogen-bond donors (Lipinski definition) is 4. The molecule has 338 valence electrons. The van der Waals surface area contributed by atoms with Crippen LogP contribution in [0.4, 0.5) is 9.18 Å². The number of imide groups is 1. The Kier molecular flexibility index (Phi) is 13.3. The first kappa shape index (κ1) is 44.8. The molecule has 5 heterocycles. The maximum absolute atomic E-state index is 15.2. The molecule has 2 saturated carbocycles. The van der Waals surface area contributed by atoms with Crippen LogP contribution in [-0.2, 0) is 56.2 Å². The van der Waals surface area contributed by atoms with Gasteiger partial charge in [-0.2, -0.15) is 0 Å². The van der Waals surface area contributed by atoms with E-state index in [9.17, 15) is 43.2 Å². The number of carbonyl (C=O) groups is 8. The van der Waals surface area contributed by atoms with Crippen molar-refractivity contribution >= 4 is 53.2 Å². The van der Waals surface area contributed by atoms with Gasteiger partial charge in [0.15, 0.2) is 0 Å². The van der Waals surface area contributed by atoms with E-state index < -0.39 is 78.9 Å². The lowest BCUT2D eigenvalue weighted by Gasteiger charge is -2.48. The summed E-state index contributed by atoms with van der Waals surface area (Å²) < 4.78 is 27.7. The van der Waals surface area contributed by atoms with Crippen LogP contribution in [0.2, 0.25) is 0 Å². The lowest BCUT2D eigenvalue weighted by atomic mass is 9.59. The molecule has 2 fully saturated rings. The number of fused-ring (bicyclic) bond motifs is 4. The van der Waals surface area contributed by atoms with E-state index in [0.29, 0.717) is 24.4 Å². The minimum Gasteiger partial charge on any atom is -0.458 e. The smallest absolute Gasteiger partial charge is 0.410 e. The van der Waals surface area contributed by atoms with Crippen molar-refractivity contribution in [1.82, 2.24) is 35.6 Å². The van der Waals surface area contributed by atoms with Crippen LogP contribution < -0.4 is 26.8 Å². The Morgan fingerprint density at radius 3 is 2.48 bits per heavy atom. The Bertz CT molecular complexity index is 2250. The highest BCUT2D eigenvalue weighted by molar-refractivity contribution is 6.15. The Morgan fingerprint density at radius 1 is 1.02 bits per heavy atom. The van der Waals surface area contributed by atoms with Gasteiger partial charge in [0.2, 0.25) is 29.7 Å². The number of aliphatic imine (C=N–C) groups is 1. The summed E-state index contributed by atoms with van der Waals surface area (Å²) in [5, 5.41) is 10.0. The van der Waals surface area contributed by atoms with E-state index in [0.717, 1.165) is 46.8 Å². The van der Waals surface area contributed by atoms with Gasteiger partial charge in [0, 0.05) is 63.2 Å². The Labute approximate surface area is 362 Å². The Morgan fingerprint density at radius 2 is 1.75 bits per heavy atom. The van der Waals surface area contributed by atoms with Crippen molar-refractivity contribution in [3.05, 3.63) is 56.5 Å². The highest BCUT2D eigenvalue weighted by atomic mass is 19.1. The molecule has 2 aliphatic carbocycles. The van der Waals surface area contributed by atoms with Crippen LogP contribution in [0, 0.1) is 23.7 Å². The number of nitrogens with zero attached hydrogens (tertiary/aromatic N) is 4. The number of alkyl halides is 1.